The van der Waals surface area contributed by atoms with Crippen LogP contribution in [0.1, 0.15) is 25.6 Å². The van der Waals surface area contributed by atoms with E-state index in [1.54, 1.807) is 48.5 Å². The maximum absolute atomic E-state index is 12.7. The molecule has 3 aromatic rings. The lowest BCUT2D eigenvalue weighted by Crippen LogP contribution is -2.29. The average molecular weight is 399 g/mol. The molecule has 0 atom stereocenters. The Morgan fingerprint density at radius 1 is 1.04 bits per heavy atom. The van der Waals surface area contributed by atoms with Gasteiger partial charge in [0.15, 0.2) is 5.13 Å². The van der Waals surface area contributed by atoms with Crippen molar-refractivity contribution in [2.24, 2.45) is 0 Å². The van der Waals surface area contributed by atoms with Crippen LogP contribution in [0.5, 0.6) is 0 Å². The van der Waals surface area contributed by atoms with E-state index in [0.717, 1.165) is 16.2 Å². The van der Waals surface area contributed by atoms with E-state index in [1.165, 1.54) is 0 Å². The van der Waals surface area contributed by atoms with E-state index in [-0.39, 0.29) is 11.6 Å². The number of halogens is 1. The number of thiazole rings is 1. The third-order valence-corrected chi connectivity index (χ3v) is 5.39. The van der Waals surface area contributed by atoms with Gasteiger partial charge in [0.05, 0.1) is 23.2 Å². The second-order valence-corrected chi connectivity index (χ2v) is 7.34. The standard InChI is InChI=1S/C19H11ClN2O4S/c20-11-7-5-10(6-8-11)16-14(9-15(23)24)27-19(21-16)22-17(25)12-3-1-2-4-13(12)18(22)26/h1-8H,9H2,(H,23,24). The van der Waals surface area contributed by atoms with Gasteiger partial charge in [0.2, 0.25) is 0 Å². The first-order chi connectivity index (χ1) is 13.0. The molecule has 134 valence electrons. The van der Waals surface area contributed by atoms with Gasteiger partial charge in [-0.3, -0.25) is 14.4 Å². The van der Waals surface area contributed by atoms with E-state index in [4.69, 9.17) is 11.6 Å². The lowest BCUT2D eigenvalue weighted by atomic mass is 10.1. The number of carbonyl (C=O) groups is 3. The minimum atomic E-state index is -1.03. The fraction of sp³-hybridized carbons (Fsp3) is 0.0526. The molecule has 1 aliphatic rings. The monoisotopic (exact) mass is 398 g/mol. The van der Waals surface area contributed by atoms with E-state index < -0.39 is 17.8 Å². The van der Waals surface area contributed by atoms with Gasteiger partial charge in [0, 0.05) is 15.5 Å². The first kappa shape index (κ1) is 17.4. The number of amides is 2. The maximum Gasteiger partial charge on any atom is 0.308 e. The summed E-state index contributed by atoms with van der Waals surface area (Å²) in [6.07, 6.45) is -0.265. The van der Waals surface area contributed by atoms with Gasteiger partial charge in [0.1, 0.15) is 0 Å². The summed E-state index contributed by atoms with van der Waals surface area (Å²) in [6.45, 7) is 0. The number of benzene rings is 2. The predicted molar refractivity (Wildman–Crippen MR) is 101 cm³/mol. The number of aliphatic carboxylic acids is 1. The van der Waals surface area contributed by atoms with E-state index in [2.05, 4.69) is 4.98 Å². The number of imide groups is 1. The molecule has 0 fully saturated rings. The van der Waals surface area contributed by atoms with Gasteiger partial charge in [-0.1, -0.05) is 47.2 Å². The summed E-state index contributed by atoms with van der Waals surface area (Å²) >= 11 is 6.93. The lowest BCUT2D eigenvalue weighted by Gasteiger charge is -2.08. The number of rotatable bonds is 4. The van der Waals surface area contributed by atoms with E-state index in [1.807, 2.05) is 0 Å². The van der Waals surface area contributed by atoms with Crippen LogP contribution >= 0.6 is 22.9 Å². The van der Waals surface area contributed by atoms with Crippen molar-refractivity contribution in [1.82, 2.24) is 4.98 Å². The van der Waals surface area contributed by atoms with Gasteiger partial charge < -0.3 is 5.11 Å². The molecule has 1 N–H and O–H groups in total. The van der Waals surface area contributed by atoms with Crippen LogP contribution in [0, 0.1) is 0 Å². The Morgan fingerprint density at radius 2 is 1.63 bits per heavy atom. The summed E-state index contributed by atoms with van der Waals surface area (Å²) in [6, 6.07) is 13.3. The lowest BCUT2D eigenvalue weighted by molar-refractivity contribution is -0.136. The van der Waals surface area contributed by atoms with Gasteiger partial charge in [-0.05, 0) is 24.3 Å². The number of hydrogen-bond donors (Lipinski definition) is 1. The Kier molecular flexibility index (Phi) is 4.25. The minimum Gasteiger partial charge on any atom is -0.481 e. The molecule has 0 saturated carbocycles. The first-order valence-corrected chi connectivity index (χ1v) is 9.10. The van der Waals surface area contributed by atoms with Crippen LogP contribution in [-0.2, 0) is 11.2 Å². The predicted octanol–water partition coefficient (Wildman–Crippen LogP) is 3.89. The number of carboxylic acids is 1. The molecule has 27 heavy (non-hydrogen) atoms. The van der Waals surface area contributed by atoms with Crippen LogP contribution < -0.4 is 4.90 Å². The molecule has 4 rings (SSSR count). The number of fused-ring (bicyclic) bond motifs is 1. The molecular weight excluding hydrogens is 388 g/mol. The zero-order valence-corrected chi connectivity index (χ0v) is 15.3. The molecule has 6 nitrogen and oxygen atoms in total. The molecule has 0 unspecified atom stereocenters. The topological polar surface area (TPSA) is 87.6 Å². The van der Waals surface area contributed by atoms with Crippen LogP contribution in [0.3, 0.4) is 0 Å². The summed E-state index contributed by atoms with van der Waals surface area (Å²) < 4.78 is 0. The highest BCUT2D eigenvalue weighted by Crippen LogP contribution is 2.37. The molecule has 1 aliphatic heterocycles. The number of hydrogen-bond acceptors (Lipinski definition) is 5. The van der Waals surface area contributed by atoms with Crippen molar-refractivity contribution in [3.05, 3.63) is 69.6 Å². The highest BCUT2D eigenvalue weighted by atomic mass is 35.5. The first-order valence-electron chi connectivity index (χ1n) is 7.91. The molecule has 8 heteroatoms. The van der Waals surface area contributed by atoms with E-state index >= 15 is 0 Å². The largest absolute Gasteiger partial charge is 0.481 e. The molecular formula is C19H11ClN2O4S. The molecule has 1 aromatic heterocycles. The molecule has 2 heterocycles. The van der Waals surface area contributed by atoms with Crippen LogP contribution in [0.15, 0.2) is 48.5 Å². The second-order valence-electron chi connectivity index (χ2n) is 5.84. The number of anilines is 1. The Bertz CT molecular complexity index is 1060. The third kappa shape index (κ3) is 3.01. The number of aromatic nitrogens is 1. The molecule has 0 aliphatic carbocycles. The summed E-state index contributed by atoms with van der Waals surface area (Å²) in [5, 5.41) is 9.90. The number of carboxylic acid groups (broad SMARTS) is 1. The fourth-order valence-corrected chi connectivity index (χ4v) is 4.08. The normalized spacial score (nSPS) is 13.1. The molecule has 0 spiro atoms. The van der Waals surface area contributed by atoms with Gasteiger partial charge in [-0.15, -0.1) is 0 Å². The zero-order valence-electron chi connectivity index (χ0n) is 13.7. The fourth-order valence-electron chi connectivity index (χ4n) is 2.89. The van der Waals surface area contributed by atoms with Gasteiger partial charge in [0.25, 0.3) is 11.8 Å². The van der Waals surface area contributed by atoms with Crippen molar-refractivity contribution in [1.29, 1.82) is 0 Å². The van der Waals surface area contributed by atoms with Crippen molar-refractivity contribution in [3.63, 3.8) is 0 Å². The Morgan fingerprint density at radius 3 is 2.19 bits per heavy atom. The molecule has 2 amide bonds. The summed E-state index contributed by atoms with van der Waals surface area (Å²) in [5.41, 5.74) is 1.71. The summed E-state index contributed by atoms with van der Waals surface area (Å²) in [5.74, 6) is -1.95. The van der Waals surface area contributed by atoms with Crippen LogP contribution in [-0.4, -0.2) is 27.9 Å². The smallest absolute Gasteiger partial charge is 0.308 e. The molecule has 0 radical (unpaired) electrons. The van der Waals surface area contributed by atoms with Gasteiger partial charge in [-0.25, -0.2) is 9.88 Å². The highest BCUT2D eigenvalue weighted by Gasteiger charge is 2.38. The second kappa shape index (κ2) is 6.61. The van der Waals surface area contributed by atoms with Crippen LogP contribution in [0.2, 0.25) is 5.02 Å². The number of carbonyl (C=O) groups excluding carboxylic acids is 2. The molecule has 0 saturated heterocycles. The minimum absolute atomic E-state index is 0.155. The summed E-state index contributed by atoms with van der Waals surface area (Å²) in [7, 11) is 0. The van der Waals surface area contributed by atoms with Crippen molar-refractivity contribution < 1.29 is 19.5 Å². The number of nitrogens with zero attached hydrogens (tertiary/aromatic N) is 2. The Balaban J connectivity index is 1.81. The van der Waals surface area contributed by atoms with Crippen LogP contribution in [0.4, 0.5) is 5.13 Å². The maximum atomic E-state index is 12.7. The Labute approximate surface area is 162 Å². The van der Waals surface area contributed by atoms with Gasteiger partial charge in [-0.2, -0.15) is 0 Å². The zero-order chi connectivity index (χ0) is 19.1. The van der Waals surface area contributed by atoms with Crippen molar-refractivity contribution in [2.45, 2.75) is 6.42 Å². The van der Waals surface area contributed by atoms with Crippen molar-refractivity contribution in [2.75, 3.05) is 4.90 Å². The summed E-state index contributed by atoms with van der Waals surface area (Å²) in [4.78, 5) is 42.5. The molecule has 0 bridgehead atoms. The van der Waals surface area contributed by atoms with Gasteiger partial charge >= 0.3 is 5.97 Å². The molecule has 2 aromatic carbocycles. The Hall–Kier alpha value is -3.03. The van der Waals surface area contributed by atoms with Crippen LogP contribution in [0.25, 0.3) is 11.3 Å². The third-order valence-electron chi connectivity index (χ3n) is 4.10. The van der Waals surface area contributed by atoms with Crippen molar-refractivity contribution >= 4 is 45.9 Å². The van der Waals surface area contributed by atoms with E-state index in [0.29, 0.717) is 32.3 Å². The highest BCUT2D eigenvalue weighted by molar-refractivity contribution is 7.16. The van der Waals surface area contributed by atoms with E-state index in [9.17, 15) is 19.5 Å². The quantitative estimate of drug-likeness (QED) is 0.673. The average Bonchev–Trinajstić information content (AvgIpc) is 3.15. The SMILES string of the molecule is O=C(O)Cc1sc(N2C(=O)c3ccccc3C2=O)nc1-c1ccc(Cl)cc1. The van der Waals surface area contributed by atoms with Crippen molar-refractivity contribution in [3.8, 4) is 11.3 Å².